The first kappa shape index (κ1) is 15.0. The summed E-state index contributed by atoms with van der Waals surface area (Å²) in [7, 11) is 1.50. The molecule has 0 bridgehead atoms. The zero-order valence-electron chi connectivity index (χ0n) is 10.9. The number of nitrogens with zero attached hydrogens (tertiary/aromatic N) is 2. The number of aryl methyl sites for hydroxylation is 1. The van der Waals surface area contributed by atoms with E-state index in [1.807, 2.05) is 6.92 Å². The van der Waals surface area contributed by atoms with Crippen LogP contribution in [0.2, 0.25) is 0 Å². The minimum Gasteiger partial charge on any atom is -0.386 e. The topological polar surface area (TPSA) is 84.3 Å². The van der Waals surface area contributed by atoms with Crippen LogP contribution in [0.5, 0.6) is 0 Å². The molecule has 0 radical (unpaired) electrons. The molecule has 0 saturated heterocycles. The van der Waals surface area contributed by atoms with E-state index in [4.69, 9.17) is 4.74 Å². The number of aliphatic hydroxyl groups is 1. The second-order valence-corrected chi connectivity index (χ2v) is 5.17. The average molecular weight is 273 g/mol. The number of carbonyl (C=O) groups excluding carboxylic acids is 1. The Bertz CT molecular complexity index is 393. The van der Waals surface area contributed by atoms with Crippen molar-refractivity contribution in [3.05, 3.63) is 10.6 Å². The Balaban J connectivity index is 2.57. The summed E-state index contributed by atoms with van der Waals surface area (Å²) in [6.45, 7) is 3.91. The summed E-state index contributed by atoms with van der Waals surface area (Å²) < 4.78 is 8.65. The Morgan fingerprint density at radius 2 is 2.33 bits per heavy atom. The van der Waals surface area contributed by atoms with Crippen LogP contribution >= 0.6 is 11.5 Å². The number of hydrogen-bond donors (Lipinski definition) is 2. The zero-order chi connectivity index (χ0) is 13.6. The molecule has 7 heteroatoms. The van der Waals surface area contributed by atoms with E-state index in [1.54, 1.807) is 6.92 Å². The molecular weight excluding hydrogens is 254 g/mol. The van der Waals surface area contributed by atoms with Crippen LogP contribution in [0.3, 0.4) is 0 Å². The first-order valence-corrected chi connectivity index (χ1v) is 6.58. The summed E-state index contributed by atoms with van der Waals surface area (Å²) in [5.41, 5.74) is -0.362. The van der Waals surface area contributed by atoms with Gasteiger partial charge in [0.25, 0.3) is 5.91 Å². The maximum absolute atomic E-state index is 11.9. The monoisotopic (exact) mass is 273 g/mol. The van der Waals surface area contributed by atoms with Crippen molar-refractivity contribution in [3.8, 4) is 0 Å². The SMILES string of the molecule is CCCc1nnsc1C(=O)NC[C@](C)(O)COC. The van der Waals surface area contributed by atoms with Crippen LogP contribution in [0.1, 0.15) is 35.6 Å². The number of methoxy groups -OCH3 is 1. The molecule has 0 unspecified atom stereocenters. The van der Waals surface area contributed by atoms with Crippen molar-refractivity contribution in [1.82, 2.24) is 14.9 Å². The van der Waals surface area contributed by atoms with Gasteiger partial charge in [-0.3, -0.25) is 4.79 Å². The van der Waals surface area contributed by atoms with Gasteiger partial charge in [-0.15, -0.1) is 5.10 Å². The van der Waals surface area contributed by atoms with E-state index in [2.05, 4.69) is 14.9 Å². The van der Waals surface area contributed by atoms with Crippen molar-refractivity contribution in [1.29, 1.82) is 0 Å². The average Bonchev–Trinajstić information content (AvgIpc) is 2.75. The predicted octanol–water partition coefficient (Wildman–Crippen LogP) is 0.618. The summed E-state index contributed by atoms with van der Waals surface area (Å²) in [6.07, 6.45) is 1.64. The van der Waals surface area contributed by atoms with Crippen molar-refractivity contribution < 1.29 is 14.6 Å². The summed E-state index contributed by atoms with van der Waals surface area (Å²) in [5.74, 6) is -0.246. The predicted molar refractivity (Wildman–Crippen MR) is 68.7 cm³/mol. The second kappa shape index (κ2) is 6.77. The molecule has 1 amide bonds. The van der Waals surface area contributed by atoms with Gasteiger partial charge in [0.15, 0.2) is 0 Å². The van der Waals surface area contributed by atoms with E-state index >= 15 is 0 Å². The molecule has 18 heavy (non-hydrogen) atoms. The summed E-state index contributed by atoms with van der Waals surface area (Å²) in [4.78, 5) is 12.4. The highest BCUT2D eigenvalue weighted by Crippen LogP contribution is 2.12. The third-order valence-corrected chi connectivity index (χ3v) is 3.10. The third kappa shape index (κ3) is 4.32. The fourth-order valence-corrected chi connectivity index (χ4v) is 2.12. The Hall–Kier alpha value is -1.05. The number of nitrogens with one attached hydrogen (secondary N) is 1. The van der Waals surface area contributed by atoms with Crippen molar-refractivity contribution in [2.24, 2.45) is 0 Å². The van der Waals surface area contributed by atoms with Crippen molar-refractivity contribution in [2.45, 2.75) is 32.3 Å². The minimum absolute atomic E-state index is 0.128. The lowest BCUT2D eigenvalue weighted by Gasteiger charge is -2.22. The molecule has 1 heterocycles. The molecule has 2 N–H and O–H groups in total. The fourth-order valence-electron chi connectivity index (χ4n) is 1.49. The van der Waals surface area contributed by atoms with Gasteiger partial charge in [-0.2, -0.15) is 0 Å². The van der Waals surface area contributed by atoms with Crippen LogP contribution in [-0.4, -0.2) is 46.5 Å². The van der Waals surface area contributed by atoms with Crippen molar-refractivity contribution in [2.75, 3.05) is 20.3 Å². The molecule has 0 aromatic carbocycles. The molecule has 0 aliphatic rings. The zero-order valence-corrected chi connectivity index (χ0v) is 11.7. The maximum Gasteiger partial charge on any atom is 0.265 e. The number of rotatable bonds is 7. The number of aromatic nitrogens is 2. The highest BCUT2D eigenvalue weighted by atomic mass is 32.1. The van der Waals surface area contributed by atoms with E-state index in [9.17, 15) is 9.90 Å². The highest BCUT2D eigenvalue weighted by molar-refractivity contribution is 7.08. The fraction of sp³-hybridized carbons (Fsp3) is 0.727. The molecule has 0 aliphatic heterocycles. The third-order valence-electron chi connectivity index (χ3n) is 2.33. The van der Waals surface area contributed by atoms with Gasteiger partial charge in [0.1, 0.15) is 10.5 Å². The van der Waals surface area contributed by atoms with Crippen LogP contribution in [0.15, 0.2) is 0 Å². The molecule has 1 aromatic rings. The second-order valence-electron chi connectivity index (χ2n) is 4.41. The quantitative estimate of drug-likeness (QED) is 0.760. The Labute approximate surface area is 111 Å². The number of hydrogen-bond acceptors (Lipinski definition) is 6. The molecule has 0 spiro atoms. The van der Waals surface area contributed by atoms with Gasteiger partial charge in [-0.1, -0.05) is 17.8 Å². The van der Waals surface area contributed by atoms with E-state index in [0.29, 0.717) is 10.6 Å². The largest absolute Gasteiger partial charge is 0.386 e. The highest BCUT2D eigenvalue weighted by Gasteiger charge is 2.23. The Morgan fingerprint density at radius 3 is 2.94 bits per heavy atom. The molecule has 1 rings (SSSR count). The summed E-state index contributed by atoms with van der Waals surface area (Å²) in [5, 5.41) is 16.5. The first-order chi connectivity index (χ1) is 8.50. The molecule has 0 fully saturated rings. The van der Waals surface area contributed by atoms with Gasteiger partial charge in [-0.05, 0) is 24.9 Å². The number of carbonyl (C=O) groups is 1. The first-order valence-electron chi connectivity index (χ1n) is 5.81. The molecule has 102 valence electrons. The van der Waals surface area contributed by atoms with Crippen LogP contribution in [0.25, 0.3) is 0 Å². The van der Waals surface area contributed by atoms with Crippen molar-refractivity contribution >= 4 is 17.4 Å². The van der Waals surface area contributed by atoms with Gasteiger partial charge >= 0.3 is 0 Å². The van der Waals surface area contributed by atoms with Gasteiger partial charge in [0.2, 0.25) is 0 Å². The van der Waals surface area contributed by atoms with E-state index in [1.165, 1.54) is 7.11 Å². The van der Waals surface area contributed by atoms with Gasteiger partial charge in [0, 0.05) is 13.7 Å². The van der Waals surface area contributed by atoms with Crippen LogP contribution < -0.4 is 5.32 Å². The van der Waals surface area contributed by atoms with Gasteiger partial charge in [-0.25, -0.2) is 0 Å². The van der Waals surface area contributed by atoms with Gasteiger partial charge < -0.3 is 15.2 Å². The lowest BCUT2D eigenvalue weighted by molar-refractivity contribution is -0.0146. The molecule has 0 aliphatic carbocycles. The molecule has 1 atom stereocenters. The van der Waals surface area contributed by atoms with Crippen LogP contribution in [-0.2, 0) is 11.2 Å². The van der Waals surface area contributed by atoms with Crippen LogP contribution in [0, 0.1) is 0 Å². The van der Waals surface area contributed by atoms with Crippen LogP contribution in [0.4, 0.5) is 0 Å². The lowest BCUT2D eigenvalue weighted by atomic mass is 10.1. The van der Waals surface area contributed by atoms with E-state index < -0.39 is 5.60 Å². The number of ether oxygens (including phenoxy) is 1. The molecule has 6 nitrogen and oxygen atoms in total. The minimum atomic E-state index is -1.08. The van der Waals surface area contributed by atoms with Crippen molar-refractivity contribution in [3.63, 3.8) is 0 Å². The van der Waals surface area contributed by atoms with E-state index in [-0.39, 0.29) is 19.1 Å². The Kier molecular flexibility index (Phi) is 5.64. The maximum atomic E-state index is 11.9. The summed E-state index contributed by atoms with van der Waals surface area (Å²) >= 11 is 1.08. The molecular formula is C11H19N3O3S. The number of amides is 1. The van der Waals surface area contributed by atoms with Gasteiger partial charge in [0.05, 0.1) is 12.3 Å². The molecule has 0 saturated carbocycles. The Morgan fingerprint density at radius 1 is 1.61 bits per heavy atom. The van der Waals surface area contributed by atoms with E-state index in [0.717, 1.165) is 24.4 Å². The lowest BCUT2D eigenvalue weighted by Crippen LogP contribution is -2.43. The standard InChI is InChI=1S/C11H19N3O3S/c1-4-5-8-9(18-14-13-8)10(15)12-6-11(2,16)7-17-3/h16H,4-7H2,1-3H3,(H,12,15)/t11-/m0/s1. The normalized spacial score (nSPS) is 14.2. The summed E-state index contributed by atoms with van der Waals surface area (Å²) in [6, 6.07) is 0. The molecule has 1 aromatic heterocycles. The smallest absolute Gasteiger partial charge is 0.265 e.